The molecule has 6 nitrogen and oxygen atoms in total. The molecule has 0 aliphatic carbocycles. The molecule has 1 aliphatic heterocycles. The summed E-state index contributed by atoms with van der Waals surface area (Å²) in [6, 6.07) is 7.31. The standard InChI is InChI=1S/C15H16ClN3O3S2/c1-21-14(20)12-8-18(6-7-24-12)9-19-15(23)22-13(17-19)10-4-2-3-5-11(10)16/h2-5,12H,6-9H2,1H3/t12-/m1/s1. The number of carbonyl (C=O) groups is 1. The lowest BCUT2D eigenvalue weighted by Crippen LogP contribution is -2.42. The van der Waals surface area contributed by atoms with Gasteiger partial charge in [0.2, 0.25) is 5.89 Å². The molecule has 0 N–H and O–H groups in total. The van der Waals surface area contributed by atoms with Crippen LogP contribution < -0.4 is 0 Å². The average Bonchev–Trinajstić information content (AvgIpc) is 2.95. The molecule has 3 rings (SSSR count). The predicted molar refractivity (Wildman–Crippen MR) is 95.6 cm³/mol. The average molecular weight is 386 g/mol. The second-order valence-electron chi connectivity index (χ2n) is 5.25. The van der Waals surface area contributed by atoms with Crippen molar-refractivity contribution in [2.45, 2.75) is 11.9 Å². The van der Waals surface area contributed by atoms with Crippen LogP contribution in [0.3, 0.4) is 0 Å². The first kappa shape index (κ1) is 17.5. The van der Waals surface area contributed by atoms with Crippen LogP contribution in [0.1, 0.15) is 0 Å². The fraction of sp³-hybridized carbons (Fsp3) is 0.400. The van der Waals surface area contributed by atoms with Crippen molar-refractivity contribution >= 4 is 41.6 Å². The van der Waals surface area contributed by atoms with Crippen LogP contribution >= 0.6 is 35.6 Å². The Bertz CT molecular complexity index is 792. The Morgan fingerprint density at radius 2 is 2.33 bits per heavy atom. The van der Waals surface area contributed by atoms with Gasteiger partial charge < -0.3 is 9.15 Å². The van der Waals surface area contributed by atoms with Gasteiger partial charge in [0.25, 0.3) is 4.84 Å². The summed E-state index contributed by atoms with van der Waals surface area (Å²) in [5, 5.41) is 4.79. The van der Waals surface area contributed by atoms with Crippen molar-refractivity contribution in [1.82, 2.24) is 14.7 Å². The van der Waals surface area contributed by atoms with Crippen molar-refractivity contribution in [2.75, 3.05) is 26.0 Å². The second kappa shape index (κ2) is 7.69. The van der Waals surface area contributed by atoms with Gasteiger partial charge in [0.15, 0.2) is 0 Å². The van der Waals surface area contributed by atoms with Gasteiger partial charge in [-0.2, -0.15) is 0 Å². The molecule has 0 spiro atoms. The summed E-state index contributed by atoms with van der Waals surface area (Å²) in [6.45, 7) is 1.89. The lowest BCUT2D eigenvalue weighted by Gasteiger charge is -2.30. The van der Waals surface area contributed by atoms with Gasteiger partial charge in [-0.05, 0) is 24.4 Å². The zero-order chi connectivity index (χ0) is 17.1. The molecule has 0 bridgehead atoms. The van der Waals surface area contributed by atoms with E-state index in [1.54, 1.807) is 22.5 Å². The summed E-state index contributed by atoms with van der Waals surface area (Å²) in [7, 11) is 1.41. The van der Waals surface area contributed by atoms with Crippen molar-refractivity contribution in [3.05, 3.63) is 34.1 Å². The third kappa shape index (κ3) is 3.83. The highest BCUT2D eigenvalue weighted by Gasteiger charge is 2.27. The minimum absolute atomic E-state index is 0.187. The Labute approximate surface area is 153 Å². The number of thioether (sulfide) groups is 1. The zero-order valence-corrected chi connectivity index (χ0v) is 15.4. The molecule has 1 aromatic carbocycles. The fourth-order valence-electron chi connectivity index (χ4n) is 2.43. The molecule has 0 saturated carbocycles. The number of nitrogens with zero attached hydrogens (tertiary/aromatic N) is 3. The van der Waals surface area contributed by atoms with E-state index >= 15 is 0 Å². The summed E-state index contributed by atoms with van der Waals surface area (Å²) in [5.74, 6) is 1.04. The molecular formula is C15H16ClN3O3S2. The van der Waals surface area contributed by atoms with Gasteiger partial charge in [0, 0.05) is 18.8 Å². The number of esters is 1. The number of halogens is 1. The van der Waals surface area contributed by atoms with Crippen molar-refractivity contribution in [3.8, 4) is 11.5 Å². The number of aromatic nitrogens is 2. The number of ether oxygens (including phenoxy) is 1. The SMILES string of the molecule is COC(=O)[C@H]1CN(Cn2nc(-c3ccccc3Cl)oc2=S)CCS1. The maximum absolute atomic E-state index is 11.7. The number of carbonyl (C=O) groups excluding carboxylic acids is 1. The van der Waals surface area contributed by atoms with Crippen LogP contribution in [0.2, 0.25) is 5.02 Å². The third-order valence-electron chi connectivity index (χ3n) is 3.66. The zero-order valence-electron chi connectivity index (χ0n) is 13.0. The molecule has 128 valence electrons. The molecule has 9 heteroatoms. The lowest BCUT2D eigenvalue weighted by atomic mass is 10.2. The van der Waals surface area contributed by atoms with E-state index in [0.29, 0.717) is 29.7 Å². The molecule has 2 heterocycles. The van der Waals surface area contributed by atoms with Gasteiger partial charge in [-0.25, -0.2) is 4.68 Å². The van der Waals surface area contributed by atoms with Gasteiger partial charge in [0.1, 0.15) is 5.25 Å². The number of benzene rings is 1. The van der Waals surface area contributed by atoms with E-state index in [0.717, 1.165) is 12.3 Å². The van der Waals surface area contributed by atoms with Gasteiger partial charge in [-0.15, -0.1) is 16.9 Å². The maximum atomic E-state index is 11.7. The smallest absolute Gasteiger partial charge is 0.320 e. The molecule has 1 atom stereocenters. The molecule has 0 unspecified atom stereocenters. The van der Waals surface area contributed by atoms with E-state index in [-0.39, 0.29) is 16.1 Å². The molecule has 1 aliphatic rings. The second-order valence-corrected chi connectivity index (χ2v) is 7.32. The lowest BCUT2D eigenvalue weighted by molar-refractivity contribution is -0.140. The molecule has 0 amide bonds. The monoisotopic (exact) mass is 385 g/mol. The molecule has 1 aromatic heterocycles. The Kier molecular flexibility index (Phi) is 5.60. The maximum Gasteiger partial charge on any atom is 0.320 e. The normalized spacial score (nSPS) is 18.5. The summed E-state index contributed by atoms with van der Waals surface area (Å²) in [5.41, 5.74) is 0.700. The highest BCUT2D eigenvalue weighted by Crippen LogP contribution is 2.26. The number of methoxy groups -OCH3 is 1. The van der Waals surface area contributed by atoms with Gasteiger partial charge in [-0.3, -0.25) is 9.69 Å². The van der Waals surface area contributed by atoms with E-state index in [4.69, 9.17) is 33.0 Å². The summed E-state index contributed by atoms with van der Waals surface area (Å²) < 4.78 is 12.0. The number of hydrogen-bond acceptors (Lipinski definition) is 7. The number of rotatable bonds is 4. The summed E-state index contributed by atoms with van der Waals surface area (Å²) >= 11 is 13.0. The Morgan fingerprint density at radius 1 is 1.54 bits per heavy atom. The van der Waals surface area contributed by atoms with Crippen molar-refractivity contribution < 1.29 is 13.9 Å². The first-order valence-electron chi connectivity index (χ1n) is 7.33. The van der Waals surface area contributed by atoms with E-state index < -0.39 is 0 Å². The van der Waals surface area contributed by atoms with E-state index in [2.05, 4.69) is 10.00 Å². The van der Waals surface area contributed by atoms with Crippen molar-refractivity contribution in [1.29, 1.82) is 0 Å². The Balaban J connectivity index is 1.75. The highest BCUT2D eigenvalue weighted by atomic mass is 35.5. The van der Waals surface area contributed by atoms with Gasteiger partial charge >= 0.3 is 5.97 Å². The van der Waals surface area contributed by atoms with E-state index in [1.807, 2.05) is 18.2 Å². The fourth-order valence-corrected chi connectivity index (χ4v) is 4.02. The first-order chi connectivity index (χ1) is 11.6. The summed E-state index contributed by atoms with van der Waals surface area (Å²) in [4.78, 5) is 14.1. The van der Waals surface area contributed by atoms with Crippen LogP contribution in [0.25, 0.3) is 11.5 Å². The summed E-state index contributed by atoms with van der Waals surface area (Å²) in [6.07, 6.45) is 0. The molecule has 1 fully saturated rings. The number of hydrogen-bond donors (Lipinski definition) is 0. The van der Waals surface area contributed by atoms with Crippen LogP contribution in [0.4, 0.5) is 0 Å². The van der Waals surface area contributed by atoms with E-state index in [1.165, 1.54) is 7.11 Å². The van der Waals surface area contributed by atoms with Crippen molar-refractivity contribution in [3.63, 3.8) is 0 Å². The quantitative estimate of drug-likeness (QED) is 0.592. The minimum atomic E-state index is -0.204. The molecular weight excluding hydrogens is 370 g/mol. The Morgan fingerprint density at radius 3 is 3.08 bits per heavy atom. The van der Waals surface area contributed by atoms with Crippen LogP contribution in [0.5, 0.6) is 0 Å². The van der Waals surface area contributed by atoms with Gasteiger partial charge in [0.05, 0.1) is 24.4 Å². The first-order valence-corrected chi connectivity index (χ1v) is 9.16. The highest BCUT2D eigenvalue weighted by molar-refractivity contribution is 8.00. The topological polar surface area (TPSA) is 60.5 Å². The third-order valence-corrected chi connectivity index (χ3v) is 5.44. The molecule has 2 aromatic rings. The molecule has 1 saturated heterocycles. The van der Waals surface area contributed by atoms with Crippen LogP contribution in [-0.4, -0.2) is 51.9 Å². The molecule has 24 heavy (non-hydrogen) atoms. The predicted octanol–water partition coefficient (Wildman–Crippen LogP) is 3.07. The minimum Gasteiger partial charge on any atom is -0.468 e. The van der Waals surface area contributed by atoms with Crippen LogP contribution in [0.15, 0.2) is 28.7 Å². The van der Waals surface area contributed by atoms with Crippen molar-refractivity contribution in [2.24, 2.45) is 0 Å². The van der Waals surface area contributed by atoms with E-state index in [9.17, 15) is 4.79 Å². The van der Waals surface area contributed by atoms with Crippen LogP contribution in [0, 0.1) is 4.84 Å². The van der Waals surface area contributed by atoms with Crippen LogP contribution in [-0.2, 0) is 16.2 Å². The molecule has 0 radical (unpaired) electrons. The van der Waals surface area contributed by atoms with Gasteiger partial charge in [-0.1, -0.05) is 23.7 Å². The largest absolute Gasteiger partial charge is 0.468 e. The Hall–Kier alpha value is -1.35.